The van der Waals surface area contributed by atoms with Crippen LogP contribution >= 0.6 is 0 Å². The lowest BCUT2D eigenvalue weighted by Crippen LogP contribution is -2.21. The van der Waals surface area contributed by atoms with Gasteiger partial charge >= 0.3 is 12.4 Å². The fourth-order valence-electron chi connectivity index (χ4n) is 6.69. The quantitative estimate of drug-likeness (QED) is 0.0846. The zero-order valence-electron chi connectivity index (χ0n) is 27.8. The van der Waals surface area contributed by atoms with Crippen LogP contribution in [0.1, 0.15) is 139 Å². The predicted molar refractivity (Wildman–Crippen MR) is 180 cm³/mol. The molecule has 46 heavy (non-hydrogen) atoms. The van der Waals surface area contributed by atoms with Gasteiger partial charge in [-0.3, -0.25) is 0 Å². The van der Waals surface area contributed by atoms with Gasteiger partial charge < -0.3 is 0 Å². The fourth-order valence-corrected chi connectivity index (χ4v) is 6.69. The first kappa shape index (κ1) is 37.7. The van der Waals surface area contributed by atoms with Gasteiger partial charge in [-0.2, -0.15) is 26.3 Å². The summed E-state index contributed by atoms with van der Waals surface area (Å²) in [5.74, 6) is 0. The molecule has 0 spiro atoms. The standard InChI is InChI=1S/C40H52F6/c1-3-5-7-9-11-13-15-23-29-33-34(30-24-16-14-12-10-8-6-4-2)38(40(44,45)46)36(32-27-21-18-22-28-32)35(37(33)39(41,42)43)31-25-19-17-20-26-31/h17-22,25-28H,3-16,23-24,29-30H2,1-2H3. The molecule has 0 aliphatic carbocycles. The van der Waals surface area contributed by atoms with Gasteiger partial charge in [0, 0.05) is 11.1 Å². The highest BCUT2D eigenvalue weighted by Crippen LogP contribution is 2.52. The maximum atomic E-state index is 15.4. The van der Waals surface area contributed by atoms with Gasteiger partial charge in [0.2, 0.25) is 0 Å². The van der Waals surface area contributed by atoms with Gasteiger partial charge in [0.25, 0.3) is 0 Å². The molecule has 3 rings (SSSR count). The molecule has 0 atom stereocenters. The van der Waals surface area contributed by atoms with Gasteiger partial charge in [0.1, 0.15) is 0 Å². The van der Waals surface area contributed by atoms with E-state index >= 15 is 26.3 Å². The number of rotatable bonds is 20. The number of alkyl halides is 6. The lowest BCUT2D eigenvalue weighted by Gasteiger charge is -2.29. The average molecular weight is 647 g/mol. The summed E-state index contributed by atoms with van der Waals surface area (Å²) in [6.45, 7) is 4.29. The maximum Gasteiger partial charge on any atom is 0.417 e. The second-order valence-corrected chi connectivity index (χ2v) is 12.6. The highest BCUT2D eigenvalue weighted by molar-refractivity contribution is 5.90. The van der Waals surface area contributed by atoms with E-state index in [0.717, 1.165) is 77.0 Å². The summed E-state index contributed by atoms with van der Waals surface area (Å²) in [5.41, 5.74) is -2.54. The van der Waals surface area contributed by atoms with Crippen LogP contribution in [0.15, 0.2) is 60.7 Å². The minimum absolute atomic E-state index is 0.0197. The molecule has 0 N–H and O–H groups in total. The number of halogens is 6. The molecule has 0 radical (unpaired) electrons. The highest BCUT2D eigenvalue weighted by Gasteiger charge is 2.45. The van der Waals surface area contributed by atoms with Crippen molar-refractivity contribution in [2.75, 3.05) is 0 Å². The number of benzene rings is 3. The second-order valence-electron chi connectivity index (χ2n) is 12.6. The molecule has 0 nitrogen and oxygen atoms in total. The molecule has 0 fully saturated rings. The van der Waals surface area contributed by atoms with E-state index in [2.05, 4.69) is 13.8 Å². The summed E-state index contributed by atoms with van der Waals surface area (Å²) >= 11 is 0. The van der Waals surface area contributed by atoms with E-state index in [-0.39, 0.29) is 46.2 Å². The Kier molecular flexibility index (Phi) is 15.7. The Balaban J connectivity index is 2.17. The van der Waals surface area contributed by atoms with Crippen LogP contribution in [0, 0.1) is 0 Å². The molecule has 3 aromatic carbocycles. The first-order valence-corrected chi connectivity index (χ1v) is 17.6. The van der Waals surface area contributed by atoms with Crippen LogP contribution in [0.3, 0.4) is 0 Å². The molecule has 6 heteroatoms. The molecule has 0 aliphatic rings. The zero-order valence-corrected chi connectivity index (χ0v) is 27.8. The third-order valence-corrected chi connectivity index (χ3v) is 8.97. The first-order chi connectivity index (χ1) is 22.1. The molecule has 254 valence electrons. The van der Waals surface area contributed by atoms with Crippen molar-refractivity contribution >= 4 is 0 Å². The van der Waals surface area contributed by atoms with Crippen LogP contribution in [0.2, 0.25) is 0 Å². The number of hydrogen-bond donors (Lipinski definition) is 0. The molecule has 3 aromatic rings. The van der Waals surface area contributed by atoms with Crippen molar-refractivity contribution in [2.24, 2.45) is 0 Å². The smallest absolute Gasteiger partial charge is 0.166 e. The first-order valence-electron chi connectivity index (χ1n) is 17.6. The van der Waals surface area contributed by atoms with E-state index in [0.29, 0.717) is 25.7 Å². The zero-order chi connectivity index (χ0) is 33.4. The highest BCUT2D eigenvalue weighted by atomic mass is 19.4. The topological polar surface area (TPSA) is 0 Å². The summed E-state index contributed by atoms with van der Waals surface area (Å²) in [5, 5.41) is 0. The van der Waals surface area contributed by atoms with Crippen molar-refractivity contribution in [1.29, 1.82) is 0 Å². The Morgan fingerprint density at radius 3 is 0.957 bits per heavy atom. The van der Waals surface area contributed by atoms with Gasteiger partial charge in [-0.05, 0) is 47.9 Å². The van der Waals surface area contributed by atoms with Crippen LogP contribution in [0.4, 0.5) is 26.3 Å². The fraction of sp³-hybridized carbons (Fsp3) is 0.550. The third-order valence-electron chi connectivity index (χ3n) is 8.97. The molecule has 0 saturated heterocycles. The van der Waals surface area contributed by atoms with Crippen LogP contribution < -0.4 is 0 Å². The Bertz CT molecular complexity index is 1170. The SMILES string of the molecule is CCCCCCCCCCc1c(CCCCCCCCCC)c(C(F)(F)F)c(-c2ccccc2)c(-c2ccccc2)c1C(F)(F)F. The van der Waals surface area contributed by atoms with Gasteiger partial charge in [-0.15, -0.1) is 0 Å². The van der Waals surface area contributed by atoms with Gasteiger partial charge in [-0.1, -0.05) is 164 Å². The van der Waals surface area contributed by atoms with E-state index in [1.54, 1.807) is 36.4 Å². The summed E-state index contributed by atoms with van der Waals surface area (Å²) in [7, 11) is 0. The van der Waals surface area contributed by atoms with E-state index in [9.17, 15) is 0 Å². The van der Waals surface area contributed by atoms with Crippen molar-refractivity contribution < 1.29 is 26.3 Å². The Morgan fingerprint density at radius 1 is 0.391 bits per heavy atom. The van der Waals surface area contributed by atoms with Crippen molar-refractivity contribution in [3.8, 4) is 22.3 Å². The maximum absolute atomic E-state index is 15.4. The second kappa shape index (κ2) is 19.2. The summed E-state index contributed by atoms with van der Waals surface area (Å²) in [4.78, 5) is 0. The van der Waals surface area contributed by atoms with Crippen LogP contribution in [0.5, 0.6) is 0 Å². The average Bonchev–Trinajstić information content (AvgIpc) is 3.03. The normalized spacial score (nSPS) is 12.2. The van der Waals surface area contributed by atoms with Crippen LogP contribution in [0.25, 0.3) is 22.3 Å². The van der Waals surface area contributed by atoms with E-state index in [1.807, 2.05) is 0 Å². The Hall–Kier alpha value is -2.76. The molecule has 0 aromatic heterocycles. The number of unbranched alkanes of at least 4 members (excludes halogenated alkanes) is 14. The Labute approximate surface area is 273 Å². The Morgan fingerprint density at radius 2 is 0.674 bits per heavy atom. The molecule has 0 unspecified atom stereocenters. The largest absolute Gasteiger partial charge is 0.417 e. The predicted octanol–water partition coefficient (Wildman–Crippen LogP) is 14.4. The summed E-state index contributed by atoms with van der Waals surface area (Å²) < 4.78 is 92.1. The molecule has 0 bridgehead atoms. The lowest BCUT2D eigenvalue weighted by atomic mass is 9.78. The van der Waals surface area contributed by atoms with Crippen LogP contribution in [-0.4, -0.2) is 0 Å². The van der Waals surface area contributed by atoms with Gasteiger partial charge in [-0.25, -0.2) is 0 Å². The summed E-state index contributed by atoms with van der Waals surface area (Å²) in [6.07, 6.45) is 5.28. The van der Waals surface area contributed by atoms with Crippen molar-refractivity contribution in [2.45, 2.75) is 142 Å². The monoisotopic (exact) mass is 646 g/mol. The summed E-state index contributed by atoms with van der Waals surface area (Å²) in [6, 6.07) is 15.7. The molecule has 0 saturated carbocycles. The van der Waals surface area contributed by atoms with Gasteiger partial charge in [0.15, 0.2) is 0 Å². The minimum Gasteiger partial charge on any atom is -0.166 e. The molecular formula is C40H52F6. The van der Waals surface area contributed by atoms with Crippen molar-refractivity contribution in [1.82, 2.24) is 0 Å². The molecule has 0 heterocycles. The van der Waals surface area contributed by atoms with Crippen LogP contribution in [-0.2, 0) is 25.2 Å². The lowest BCUT2D eigenvalue weighted by molar-refractivity contribution is -0.141. The van der Waals surface area contributed by atoms with Crippen molar-refractivity contribution in [3.63, 3.8) is 0 Å². The van der Waals surface area contributed by atoms with Gasteiger partial charge in [0.05, 0.1) is 11.1 Å². The minimum atomic E-state index is -4.83. The molecule has 0 amide bonds. The van der Waals surface area contributed by atoms with E-state index in [1.165, 1.54) is 24.3 Å². The van der Waals surface area contributed by atoms with E-state index < -0.39 is 23.5 Å². The molecular weight excluding hydrogens is 594 g/mol. The van der Waals surface area contributed by atoms with Crippen molar-refractivity contribution in [3.05, 3.63) is 82.9 Å². The van der Waals surface area contributed by atoms with E-state index in [4.69, 9.17) is 0 Å². The molecule has 0 aliphatic heterocycles. The third kappa shape index (κ3) is 11.2. The number of hydrogen-bond acceptors (Lipinski definition) is 0.